The molecule has 2 aromatic carbocycles. The third-order valence-corrected chi connectivity index (χ3v) is 4.34. The van der Waals surface area contributed by atoms with Gasteiger partial charge >= 0.3 is 4.87 Å². The predicted octanol–water partition coefficient (Wildman–Crippen LogP) is 3.52. The fraction of sp³-hybridized carbons (Fsp3) is 0.118. The third kappa shape index (κ3) is 2.76. The summed E-state index contributed by atoms with van der Waals surface area (Å²) < 4.78 is 1.82. The van der Waals surface area contributed by atoms with E-state index in [2.05, 4.69) is 19.1 Å². The lowest BCUT2D eigenvalue weighted by molar-refractivity contribution is 0.787. The molecule has 0 bridgehead atoms. The molecule has 1 heterocycles. The Kier molecular flexibility index (Phi) is 3.62. The number of nitrogens with two attached hydrogens (primary N) is 1. The van der Waals surface area contributed by atoms with Crippen LogP contribution in [-0.4, -0.2) is 4.57 Å². The zero-order valence-corrected chi connectivity index (χ0v) is 12.6. The fourth-order valence-corrected chi connectivity index (χ4v) is 3.08. The van der Waals surface area contributed by atoms with Crippen molar-refractivity contribution in [2.45, 2.75) is 13.5 Å². The van der Waals surface area contributed by atoms with Crippen molar-refractivity contribution < 1.29 is 0 Å². The van der Waals surface area contributed by atoms with Gasteiger partial charge in [0.1, 0.15) is 0 Å². The van der Waals surface area contributed by atoms with Crippen molar-refractivity contribution in [3.8, 4) is 11.3 Å². The molecular formula is C17H16N2OS. The monoisotopic (exact) mass is 296 g/mol. The molecule has 106 valence electrons. The summed E-state index contributed by atoms with van der Waals surface area (Å²) in [7, 11) is 0. The van der Waals surface area contributed by atoms with Crippen molar-refractivity contribution in [1.82, 2.24) is 4.57 Å². The van der Waals surface area contributed by atoms with Crippen LogP contribution < -0.4 is 10.6 Å². The van der Waals surface area contributed by atoms with E-state index in [0.717, 1.165) is 22.5 Å². The van der Waals surface area contributed by atoms with Crippen LogP contribution in [0.3, 0.4) is 0 Å². The summed E-state index contributed by atoms with van der Waals surface area (Å²) in [6.45, 7) is 2.66. The molecule has 0 unspecified atom stereocenters. The Morgan fingerprint density at radius 2 is 1.81 bits per heavy atom. The number of nitrogens with zero attached hydrogens (tertiary/aromatic N) is 1. The molecule has 3 aromatic rings. The largest absolute Gasteiger partial charge is 0.399 e. The SMILES string of the molecule is Cc1ccccc1Cn1c(-c2ccc(N)cc2)csc1=O. The van der Waals surface area contributed by atoms with Crippen LogP contribution in [0, 0.1) is 6.92 Å². The van der Waals surface area contributed by atoms with E-state index in [1.54, 1.807) is 0 Å². The number of hydrogen-bond acceptors (Lipinski definition) is 3. The summed E-state index contributed by atoms with van der Waals surface area (Å²) in [5, 5.41) is 1.91. The molecule has 0 amide bonds. The van der Waals surface area contributed by atoms with E-state index in [1.807, 2.05) is 46.3 Å². The van der Waals surface area contributed by atoms with Gasteiger partial charge in [0.15, 0.2) is 0 Å². The van der Waals surface area contributed by atoms with Gasteiger partial charge in [0, 0.05) is 11.1 Å². The second-order valence-corrected chi connectivity index (χ2v) is 5.84. The molecule has 0 saturated carbocycles. The lowest BCUT2D eigenvalue weighted by atomic mass is 10.1. The highest BCUT2D eigenvalue weighted by atomic mass is 32.1. The van der Waals surface area contributed by atoms with Gasteiger partial charge in [-0.3, -0.25) is 9.36 Å². The molecule has 0 atom stereocenters. The average molecular weight is 296 g/mol. The molecule has 1 aromatic heterocycles. The lowest BCUT2D eigenvalue weighted by Gasteiger charge is -2.10. The molecule has 0 spiro atoms. The molecule has 21 heavy (non-hydrogen) atoms. The Morgan fingerprint density at radius 3 is 2.52 bits per heavy atom. The molecule has 0 aliphatic carbocycles. The summed E-state index contributed by atoms with van der Waals surface area (Å²) in [6.07, 6.45) is 0. The van der Waals surface area contributed by atoms with Crippen LogP contribution in [0.1, 0.15) is 11.1 Å². The lowest BCUT2D eigenvalue weighted by Crippen LogP contribution is -2.15. The standard InChI is InChI=1S/C17H16N2OS/c1-12-4-2-3-5-14(12)10-19-16(11-21-17(19)20)13-6-8-15(18)9-7-13/h2-9,11H,10,18H2,1H3. The quantitative estimate of drug-likeness (QED) is 0.752. The van der Waals surface area contributed by atoms with Crippen LogP contribution in [0.25, 0.3) is 11.3 Å². The number of aryl methyl sites for hydroxylation is 1. The number of hydrogen-bond donors (Lipinski definition) is 1. The first-order valence-corrected chi connectivity index (χ1v) is 7.62. The smallest absolute Gasteiger partial charge is 0.307 e. The van der Waals surface area contributed by atoms with Crippen molar-refractivity contribution in [2.24, 2.45) is 0 Å². The van der Waals surface area contributed by atoms with Crippen LogP contribution in [0.15, 0.2) is 58.7 Å². The predicted molar refractivity (Wildman–Crippen MR) is 88.7 cm³/mol. The summed E-state index contributed by atoms with van der Waals surface area (Å²) in [5.74, 6) is 0. The summed E-state index contributed by atoms with van der Waals surface area (Å²) in [4.78, 5) is 12.2. The Morgan fingerprint density at radius 1 is 1.10 bits per heavy atom. The summed E-state index contributed by atoms with van der Waals surface area (Å²) in [6, 6.07) is 15.8. The number of thiazole rings is 1. The summed E-state index contributed by atoms with van der Waals surface area (Å²) in [5.41, 5.74) is 10.8. The third-order valence-electron chi connectivity index (χ3n) is 3.58. The number of aromatic nitrogens is 1. The van der Waals surface area contributed by atoms with Gasteiger partial charge in [-0.05, 0) is 35.7 Å². The number of rotatable bonds is 3. The molecule has 0 aliphatic heterocycles. The van der Waals surface area contributed by atoms with Crippen molar-refractivity contribution in [2.75, 3.05) is 5.73 Å². The highest BCUT2D eigenvalue weighted by Gasteiger charge is 2.10. The maximum Gasteiger partial charge on any atom is 0.307 e. The van der Waals surface area contributed by atoms with Gasteiger partial charge in [-0.15, -0.1) is 0 Å². The molecule has 0 aliphatic rings. The van der Waals surface area contributed by atoms with Gasteiger partial charge in [-0.25, -0.2) is 0 Å². The van der Waals surface area contributed by atoms with Gasteiger partial charge in [-0.2, -0.15) is 0 Å². The van der Waals surface area contributed by atoms with Gasteiger partial charge < -0.3 is 5.73 Å². The van der Waals surface area contributed by atoms with Crippen LogP contribution >= 0.6 is 11.3 Å². The normalized spacial score (nSPS) is 10.7. The molecule has 0 fully saturated rings. The van der Waals surface area contributed by atoms with E-state index < -0.39 is 0 Å². The van der Waals surface area contributed by atoms with Crippen LogP contribution in [0.5, 0.6) is 0 Å². The van der Waals surface area contributed by atoms with Crippen molar-refractivity contribution in [1.29, 1.82) is 0 Å². The zero-order chi connectivity index (χ0) is 14.8. The van der Waals surface area contributed by atoms with Crippen LogP contribution in [-0.2, 0) is 6.54 Å². The molecular weight excluding hydrogens is 280 g/mol. The van der Waals surface area contributed by atoms with E-state index in [0.29, 0.717) is 6.54 Å². The highest BCUT2D eigenvalue weighted by molar-refractivity contribution is 7.07. The molecule has 4 heteroatoms. The summed E-state index contributed by atoms with van der Waals surface area (Å²) >= 11 is 1.23. The first-order chi connectivity index (χ1) is 10.1. The number of benzene rings is 2. The fourth-order valence-electron chi connectivity index (χ4n) is 2.32. The van der Waals surface area contributed by atoms with E-state index in [9.17, 15) is 4.79 Å². The highest BCUT2D eigenvalue weighted by Crippen LogP contribution is 2.22. The van der Waals surface area contributed by atoms with Gasteiger partial charge in [-0.1, -0.05) is 47.7 Å². The maximum atomic E-state index is 12.2. The zero-order valence-electron chi connectivity index (χ0n) is 11.7. The molecule has 2 N–H and O–H groups in total. The minimum absolute atomic E-state index is 0.0603. The average Bonchev–Trinajstić information content (AvgIpc) is 2.84. The first-order valence-electron chi connectivity index (χ1n) is 6.74. The van der Waals surface area contributed by atoms with E-state index in [1.165, 1.54) is 16.9 Å². The number of anilines is 1. The van der Waals surface area contributed by atoms with Crippen molar-refractivity contribution in [3.63, 3.8) is 0 Å². The van der Waals surface area contributed by atoms with E-state index in [-0.39, 0.29) is 4.87 Å². The van der Waals surface area contributed by atoms with Crippen LogP contribution in [0.2, 0.25) is 0 Å². The van der Waals surface area contributed by atoms with Crippen molar-refractivity contribution >= 4 is 17.0 Å². The first kappa shape index (κ1) is 13.6. The Bertz CT molecular complexity index is 815. The van der Waals surface area contributed by atoms with Crippen LogP contribution in [0.4, 0.5) is 5.69 Å². The Labute approximate surface area is 127 Å². The van der Waals surface area contributed by atoms with Crippen molar-refractivity contribution in [3.05, 3.63) is 74.7 Å². The minimum atomic E-state index is 0.0603. The Hall–Kier alpha value is -2.33. The topological polar surface area (TPSA) is 48.0 Å². The van der Waals surface area contributed by atoms with Gasteiger partial charge in [0.05, 0.1) is 12.2 Å². The van der Waals surface area contributed by atoms with Gasteiger partial charge in [0.25, 0.3) is 0 Å². The molecule has 0 radical (unpaired) electrons. The van der Waals surface area contributed by atoms with E-state index in [4.69, 9.17) is 5.73 Å². The second-order valence-electron chi connectivity index (χ2n) is 5.02. The second kappa shape index (κ2) is 5.58. The Balaban J connectivity index is 2.04. The number of nitrogen functional groups attached to an aromatic ring is 1. The van der Waals surface area contributed by atoms with Gasteiger partial charge in [0.2, 0.25) is 0 Å². The molecule has 3 rings (SSSR count). The molecule has 3 nitrogen and oxygen atoms in total. The van der Waals surface area contributed by atoms with E-state index >= 15 is 0 Å². The maximum absolute atomic E-state index is 12.2. The minimum Gasteiger partial charge on any atom is -0.399 e. The molecule has 0 saturated heterocycles.